The highest BCUT2D eigenvalue weighted by atomic mass is 16.7. The number of esters is 4. The lowest BCUT2D eigenvalue weighted by Gasteiger charge is -2.69. The molecule has 0 saturated heterocycles. The van der Waals surface area contributed by atoms with Gasteiger partial charge in [0.15, 0.2) is 0 Å². The second-order valence-electron chi connectivity index (χ2n) is 11.4. The molecule has 200 valence electrons. The van der Waals surface area contributed by atoms with Crippen molar-refractivity contribution in [1.82, 2.24) is 0 Å². The predicted molar refractivity (Wildman–Crippen MR) is 123 cm³/mol. The SMILES string of the molecule is COC(=O)[C@@H]1C2=CC(=O)O[C@]2(OC)C[C@H]2[C@H]1[C@@H](OC(C)=O)C[C@@]1(O)C(C)(C)CC[C@H](OC(C)=O)[C@]21C. The zero-order chi connectivity index (χ0) is 26.8. The first-order valence-corrected chi connectivity index (χ1v) is 12.3. The van der Waals surface area contributed by atoms with Crippen LogP contribution in [0.3, 0.4) is 0 Å². The van der Waals surface area contributed by atoms with Crippen LogP contribution in [0, 0.1) is 28.6 Å². The average Bonchev–Trinajstić information content (AvgIpc) is 3.12. The van der Waals surface area contributed by atoms with Crippen molar-refractivity contribution in [2.75, 3.05) is 14.2 Å². The normalized spacial score (nSPS) is 42.6. The molecule has 4 rings (SSSR count). The highest BCUT2D eigenvalue weighted by molar-refractivity contribution is 5.90. The minimum absolute atomic E-state index is 0.0184. The lowest BCUT2D eigenvalue weighted by atomic mass is 9.39. The molecule has 0 amide bonds. The molecule has 0 bridgehead atoms. The van der Waals surface area contributed by atoms with Gasteiger partial charge in [-0.05, 0) is 24.2 Å². The number of hydrogen-bond donors (Lipinski definition) is 1. The lowest BCUT2D eigenvalue weighted by molar-refractivity contribution is -0.318. The quantitative estimate of drug-likeness (QED) is 0.444. The molecule has 0 aromatic heterocycles. The summed E-state index contributed by atoms with van der Waals surface area (Å²) in [6, 6.07) is 0. The van der Waals surface area contributed by atoms with E-state index in [9.17, 15) is 24.3 Å². The number of carbonyl (C=O) groups excluding carboxylic acids is 4. The van der Waals surface area contributed by atoms with Crippen LogP contribution in [0.25, 0.3) is 0 Å². The standard InChI is InChI=1S/C26H36O10/c1-13(27)34-17-12-26(31)23(3,4)9-8-18(35-14(2)28)24(26,5)16-11-25(33-7)15(10-19(29)36-25)21(20(16)17)22(30)32-6/h10,16-18,20-21,31H,8-9,11-12H2,1-7H3/t16-,17-,18-,20-,21+,24-,25+,26+/m0/s1. The third-order valence-electron chi connectivity index (χ3n) is 9.47. The second kappa shape index (κ2) is 8.55. The molecule has 1 N–H and O–H groups in total. The molecule has 4 aliphatic rings. The number of fused-ring (bicyclic) bond motifs is 4. The van der Waals surface area contributed by atoms with E-state index in [0.29, 0.717) is 18.4 Å². The molecule has 0 radical (unpaired) electrons. The van der Waals surface area contributed by atoms with Gasteiger partial charge in [-0.3, -0.25) is 14.4 Å². The van der Waals surface area contributed by atoms with Crippen molar-refractivity contribution in [2.45, 2.75) is 83.9 Å². The minimum atomic E-state index is -1.57. The van der Waals surface area contributed by atoms with Crippen LogP contribution in [0.2, 0.25) is 0 Å². The van der Waals surface area contributed by atoms with E-state index in [-0.39, 0.29) is 12.8 Å². The summed E-state index contributed by atoms with van der Waals surface area (Å²) in [4.78, 5) is 50.2. The van der Waals surface area contributed by atoms with E-state index in [2.05, 4.69) is 0 Å². The van der Waals surface area contributed by atoms with Gasteiger partial charge >= 0.3 is 23.9 Å². The molecule has 0 unspecified atom stereocenters. The third-order valence-corrected chi connectivity index (χ3v) is 9.47. The third kappa shape index (κ3) is 3.51. The fourth-order valence-electron chi connectivity index (χ4n) is 7.76. The summed E-state index contributed by atoms with van der Waals surface area (Å²) in [5.74, 6) is -6.28. The molecule has 3 aliphatic carbocycles. The summed E-state index contributed by atoms with van der Waals surface area (Å²) < 4.78 is 28.2. The molecular formula is C26H36O10. The van der Waals surface area contributed by atoms with Crippen LogP contribution in [-0.4, -0.2) is 66.8 Å². The van der Waals surface area contributed by atoms with Gasteiger partial charge in [0.25, 0.3) is 0 Å². The molecule has 10 heteroatoms. The minimum Gasteiger partial charge on any atom is -0.469 e. The fraction of sp³-hybridized carbons (Fsp3) is 0.769. The maximum absolute atomic E-state index is 13.3. The van der Waals surface area contributed by atoms with Gasteiger partial charge in [-0.15, -0.1) is 0 Å². The number of hydrogen-bond acceptors (Lipinski definition) is 10. The second-order valence-corrected chi connectivity index (χ2v) is 11.4. The Morgan fingerprint density at radius 2 is 1.69 bits per heavy atom. The van der Waals surface area contributed by atoms with E-state index in [1.807, 2.05) is 20.8 Å². The van der Waals surface area contributed by atoms with Gasteiger partial charge in [0, 0.05) is 56.8 Å². The fourth-order valence-corrected chi connectivity index (χ4v) is 7.76. The van der Waals surface area contributed by atoms with Gasteiger partial charge in [-0.25, -0.2) is 4.79 Å². The van der Waals surface area contributed by atoms with Gasteiger partial charge in [-0.2, -0.15) is 0 Å². The van der Waals surface area contributed by atoms with Crippen LogP contribution in [0.4, 0.5) is 0 Å². The molecular weight excluding hydrogens is 472 g/mol. The Kier molecular flexibility index (Phi) is 6.32. The van der Waals surface area contributed by atoms with Gasteiger partial charge in [0.2, 0.25) is 5.79 Å². The largest absolute Gasteiger partial charge is 0.469 e. The van der Waals surface area contributed by atoms with Crippen LogP contribution < -0.4 is 0 Å². The smallest absolute Gasteiger partial charge is 0.333 e. The lowest BCUT2D eigenvalue weighted by Crippen LogP contribution is -2.75. The van der Waals surface area contributed by atoms with E-state index in [4.69, 9.17) is 23.7 Å². The molecule has 10 nitrogen and oxygen atoms in total. The van der Waals surface area contributed by atoms with Crippen LogP contribution >= 0.6 is 0 Å². The van der Waals surface area contributed by atoms with Gasteiger partial charge in [0.1, 0.15) is 12.2 Å². The summed E-state index contributed by atoms with van der Waals surface area (Å²) in [6.45, 7) is 8.32. The van der Waals surface area contributed by atoms with Gasteiger partial charge < -0.3 is 28.8 Å². The van der Waals surface area contributed by atoms with Crippen LogP contribution in [0.5, 0.6) is 0 Å². The molecule has 0 aromatic rings. The van der Waals surface area contributed by atoms with Crippen molar-refractivity contribution in [2.24, 2.45) is 28.6 Å². The van der Waals surface area contributed by atoms with Crippen LogP contribution in [-0.2, 0) is 42.9 Å². The summed E-state index contributed by atoms with van der Waals surface area (Å²) in [5, 5.41) is 12.6. The zero-order valence-corrected chi connectivity index (χ0v) is 21.9. The average molecular weight is 509 g/mol. The maximum Gasteiger partial charge on any atom is 0.333 e. The molecule has 3 saturated carbocycles. The van der Waals surface area contributed by atoms with Crippen molar-refractivity contribution in [3.8, 4) is 0 Å². The highest BCUT2D eigenvalue weighted by Crippen LogP contribution is 2.69. The number of rotatable bonds is 4. The topological polar surface area (TPSA) is 135 Å². The Labute approximate surface area is 210 Å². The van der Waals surface area contributed by atoms with E-state index >= 15 is 0 Å². The highest BCUT2D eigenvalue weighted by Gasteiger charge is 2.75. The van der Waals surface area contributed by atoms with Crippen molar-refractivity contribution >= 4 is 23.9 Å². The monoisotopic (exact) mass is 508 g/mol. The molecule has 0 aromatic carbocycles. The molecule has 0 spiro atoms. The first-order valence-electron chi connectivity index (χ1n) is 12.3. The van der Waals surface area contributed by atoms with E-state index < -0.39 is 76.1 Å². The Balaban J connectivity index is 1.99. The Morgan fingerprint density at radius 3 is 2.25 bits per heavy atom. The van der Waals surface area contributed by atoms with Crippen molar-refractivity contribution in [1.29, 1.82) is 0 Å². The van der Waals surface area contributed by atoms with Crippen molar-refractivity contribution in [3.05, 3.63) is 11.6 Å². The van der Waals surface area contributed by atoms with Crippen LogP contribution in [0.1, 0.15) is 60.3 Å². The number of ether oxygens (including phenoxy) is 5. The van der Waals surface area contributed by atoms with E-state index in [0.717, 1.165) is 0 Å². The number of carbonyl (C=O) groups is 4. The van der Waals surface area contributed by atoms with E-state index in [1.165, 1.54) is 34.1 Å². The Bertz CT molecular complexity index is 1020. The zero-order valence-electron chi connectivity index (χ0n) is 21.9. The van der Waals surface area contributed by atoms with Crippen molar-refractivity contribution in [3.63, 3.8) is 0 Å². The number of methoxy groups -OCH3 is 2. The Morgan fingerprint density at radius 1 is 1.06 bits per heavy atom. The summed E-state index contributed by atoms with van der Waals surface area (Å²) in [7, 11) is 2.63. The molecule has 8 atom stereocenters. The van der Waals surface area contributed by atoms with Crippen molar-refractivity contribution < 1.29 is 48.0 Å². The molecule has 1 aliphatic heterocycles. The van der Waals surface area contributed by atoms with E-state index in [1.54, 1.807) is 0 Å². The van der Waals surface area contributed by atoms with Gasteiger partial charge in [0.05, 0.1) is 18.6 Å². The summed E-state index contributed by atoms with van der Waals surface area (Å²) in [6.07, 6.45) is 0.790. The maximum atomic E-state index is 13.3. The molecule has 36 heavy (non-hydrogen) atoms. The Hall–Kier alpha value is -2.46. The summed E-state index contributed by atoms with van der Waals surface area (Å²) >= 11 is 0. The first-order chi connectivity index (χ1) is 16.7. The number of aliphatic hydroxyl groups is 1. The molecule has 1 heterocycles. The molecule has 3 fully saturated rings. The first kappa shape index (κ1) is 26.6. The summed E-state index contributed by atoms with van der Waals surface area (Å²) in [5.41, 5.74) is -2.95. The predicted octanol–water partition coefficient (Wildman–Crippen LogP) is 2.06. The van der Waals surface area contributed by atoms with Crippen LogP contribution in [0.15, 0.2) is 11.6 Å². The van der Waals surface area contributed by atoms with Gasteiger partial charge in [-0.1, -0.05) is 20.8 Å².